The minimum atomic E-state index is -0.588. The van der Waals surface area contributed by atoms with Gasteiger partial charge in [0, 0.05) is 5.92 Å². The van der Waals surface area contributed by atoms with Crippen LogP contribution in [-0.2, 0) is 9.53 Å². The predicted octanol–water partition coefficient (Wildman–Crippen LogP) is 1.21. The SMILES string of the molecule is C#CC(=O)OCC(C)(C)C. The van der Waals surface area contributed by atoms with Crippen molar-refractivity contribution in [3.8, 4) is 12.3 Å². The van der Waals surface area contributed by atoms with Crippen molar-refractivity contribution in [3.05, 3.63) is 0 Å². The number of esters is 1. The number of hydrogen-bond acceptors (Lipinski definition) is 2. The van der Waals surface area contributed by atoms with Gasteiger partial charge in [0.05, 0.1) is 6.61 Å². The highest BCUT2D eigenvalue weighted by Gasteiger charge is 2.11. The van der Waals surface area contributed by atoms with Crippen molar-refractivity contribution >= 4 is 5.97 Å². The Balaban J connectivity index is 3.58. The van der Waals surface area contributed by atoms with Crippen LogP contribution in [-0.4, -0.2) is 12.6 Å². The summed E-state index contributed by atoms with van der Waals surface area (Å²) in [6.07, 6.45) is 4.78. The molecule has 56 valence electrons. The van der Waals surface area contributed by atoms with Crippen LogP contribution >= 0.6 is 0 Å². The second kappa shape index (κ2) is 3.26. The van der Waals surface area contributed by atoms with Crippen molar-refractivity contribution in [1.82, 2.24) is 0 Å². The van der Waals surface area contributed by atoms with Gasteiger partial charge in [-0.25, -0.2) is 4.79 Å². The Hall–Kier alpha value is -0.970. The Morgan fingerprint density at radius 3 is 2.40 bits per heavy atom. The molecule has 0 spiro atoms. The second-order valence-electron chi connectivity index (χ2n) is 3.28. The molecule has 0 rings (SSSR count). The van der Waals surface area contributed by atoms with E-state index >= 15 is 0 Å². The number of carbonyl (C=O) groups excluding carboxylic acids is 1. The smallest absolute Gasteiger partial charge is 0.384 e. The second-order valence-corrected chi connectivity index (χ2v) is 3.28. The van der Waals surface area contributed by atoms with Crippen LogP contribution in [0.25, 0.3) is 0 Å². The molecular formula is C8H12O2. The molecular weight excluding hydrogens is 128 g/mol. The van der Waals surface area contributed by atoms with Crippen LogP contribution in [0.3, 0.4) is 0 Å². The Labute approximate surface area is 61.6 Å². The normalized spacial score (nSPS) is 10.2. The lowest BCUT2D eigenvalue weighted by atomic mass is 9.99. The standard InChI is InChI=1S/C8H12O2/c1-5-7(9)10-6-8(2,3)4/h1H,6H2,2-4H3. The maximum absolute atomic E-state index is 10.4. The highest BCUT2D eigenvalue weighted by atomic mass is 16.5. The van der Waals surface area contributed by atoms with Crippen molar-refractivity contribution in [2.24, 2.45) is 5.41 Å². The van der Waals surface area contributed by atoms with Gasteiger partial charge < -0.3 is 4.74 Å². The zero-order valence-electron chi connectivity index (χ0n) is 6.60. The first-order valence-electron chi connectivity index (χ1n) is 3.09. The van der Waals surface area contributed by atoms with Crippen molar-refractivity contribution in [1.29, 1.82) is 0 Å². The van der Waals surface area contributed by atoms with Gasteiger partial charge in [-0.2, -0.15) is 0 Å². The van der Waals surface area contributed by atoms with E-state index in [4.69, 9.17) is 6.42 Å². The lowest BCUT2D eigenvalue weighted by Gasteiger charge is -2.16. The van der Waals surface area contributed by atoms with Crippen LogP contribution in [0.1, 0.15) is 20.8 Å². The summed E-state index contributed by atoms with van der Waals surface area (Å²) in [6.45, 7) is 6.28. The fourth-order valence-corrected chi connectivity index (χ4v) is 0.324. The molecule has 0 radical (unpaired) electrons. The van der Waals surface area contributed by atoms with Crippen LogP contribution in [0.2, 0.25) is 0 Å². The first-order chi connectivity index (χ1) is 4.45. The predicted molar refractivity (Wildman–Crippen MR) is 39.2 cm³/mol. The summed E-state index contributed by atoms with van der Waals surface area (Å²) in [5.41, 5.74) is -0.00743. The van der Waals surface area contributed by atoms with Gasteiger partial charge in [0.15, 0.2) is 0 Å². The summed E-state index contributed by atoms with van der Waals surface area (Å²) >= 11 is 0. The molecule has 0 aliphatic carbocycles. The molecule has 0 aromatic carbocycles. The highest BCUT2D eigenvalue weighted by Crippen LogP contribution is 2.12. The summed E-state index contributed by atoms with van der Waals surface area (Å²) in [5, 5.41) is 0. The molecule has 0 amide bonds. The zero-order chi connectivity index (χ0) is 8.20. The van der Waals surface area contributed by atoms with Gasteiger partial charge in [0.2, 0.25) is 0 Å². The fourth-order valence-electron chi connectivity index (χ4n) is 0.324. The van der Waals surface area contributed by atoms with Crippen molar-refractivity contribution in [3.63, 3.8) is 0 Å². The zero-order valence-corrected chi connectivity index (χ0v) is 6.60. The number of ether oxygens (including phenoxy) is 1. The monoisotopic (exact) mass is 140 g/mol. The molecule has 0 N–H and O–H groups in total. The van der Waals surface area contributed by atoms with Gasteiger partial charge in [-0.1, -0.05) is 20.8 Å². The fraction of sp³-hybridized carbons (Fsp3) is 0.625. The van der Waals surface area contributed by atoms with Gasteiger partial charge in [0.1, 0.15) is 0 Å². The summed E-state index contributed by atoms with van der Waals surface area (Å²) < 4.78 is 4.68. The van der Waals surface area contributed by atoms with Gasteiger partial charge >= 0.3 is 5.97 Å². The molecule has 0 aliphatic heterocycles. The molecule has 0 fully saturated rings. The molecule has 0 aliphatic rings. The first kappa shape index (κ1) is 9.03. The maximum Gasteiger partial charge on any atom is 0.384 e. The lowest BCUT2D eigenvalue weighted by molar-refractivity contribution is -0.139. The molecule has 0 aromatic rings. The Bertz CT molecular complexity index is 157. The molecule has 2 nitrogen and oxygen atoms in total. The van der Waals surface area contributed by atoms with Crippen LogP contribution in [0, 0.1) is 17.8 Å². The van der Waals surface area contributed by atoms with Crippen LogP contribution in [0.15, 0.2) is 0 Å². The third kappa shape index (κ3) is 5.17. The highest BCUT2D eigenvalue weighted by molar-refractivity contribution is 5.87. The van der Waals surface area contributed by atoms with Gasteiger partial charge in [-0.05, 0) is 5.41 Å². The molecule has 2 heteroatoms. The molecule has 0 atom stereocenters. The molecule has 0 bridgehead atoms. The number of rotatable bonds is 1. The Kier molecular flexibility index (Phi) is 2.95. The van der Waals surface area contributed by atoms with Gasteiger partial charge in [0.25, 0.3) is 0 Å². The minimum Gasteiger partial charge on any atom is -0.456 e. The van der Waals surface area contributed by atoms with Crippen LogP contribution in [0.5, 0.6) is 0 Å². The quantitative estimate of drug-likeness (QED) is 0.311. The summed E-state index contributed by atoms with van der Waals surface area (Å²) in [5.74, 6) is 1.29. The van der Waals surface area contributed by atoms with E-state index in [9.17, 15) is 4.79 Å². The summed E-state index contributed by atoms with van der Waals surface area (Å²) in [4.78, 5) is 10.4. The van der Waals surface area contributed by atoms with E-state index in [1.165, 1.54) is 0 Å². The molecule has 0 aromatic heterocycles. The molecule has 10 heavy (non-hydrogen) atoms. The number of hydrogen-bond donors (Lipinski definition) is 0. The van der Waals surface area contributed by atoms with E-state index in [1.54, 1.807) is 0 Å². The van der Waals surface area contributed by atoms with E-state index in [0.717, 1.165) is 0 Å². The van der Waals surface area contributed by atoms with Crippen molar-refractivity contribution in [2.45, 2.75) is 20.8 Å². The van der Waals surface area contributed by atoms with Gasteiger partial charge in [-0.3, -0.25) is 0 Å². The number of terminal acetylenes is 1. The average Bonchev–Trinajstić information content (AvgIpc) is 1.81. The minimum absolute atomic E-state index is 0.00743. The average molecular weight is 140 g/mol. The number of carbonyl (C=O) groups is 1. The van der Waals surface area contributed by atoms with E-state index in [1.807, 2.05) is 26.7 Å². The maximum atomic E-state index is 10.4. The third-order valence-corrected chi connectivity index (χ3v) is 0.754. The van der Waals surface area contributed by atoms with Crippen LogP contribution < -0.4 is 0 Å². The van der Waals surface area contributed by atoms with Gasteiger partial charge in [-0.15, -0.1) is 6.42 Å². The Morgan fingerprint density at radius 2 is 2.10 bits per heavy atom. The van der Waals surface area contributed by atoms with Crippen LogP contribution in [0.4, 0.5) is 0 Å². The van der Waals surface area contributed by atoms with E-state index in [2.05, 4.69) is 4.74 Å². The summed E-state index contributed by atoms with van der Waals surface area (Å²) in [7, 11) is 0. The third-order valence-electron chi connectivity index (χ3n) is 0.754. The lowest BCUT2D eigenvalue weighted by Crippen LogP contribution is -2.17. The molecule has 0 saturated carbocycles. The topological polar surface area (TPSA) is 26.3 Å². The van der Waals surface area contributed by atoms with Crippen molar-refractivity contribution in [2.75, 3.05) is 6.61 Å². The summed E-state index contributed by atoms with van der Waals surface area (Å²) in [6, 6.07) is 0. The van der Waals surface area contributed by atoms with E-state index in [0.29, 0.717) is 6.61 Å². The Morgan fingerprint density at radius 1 is 1.60 bits per heavy atom. The van der Waals surface area contributed by atoms with E-state index < -0.39 is 5.97 Å². The van der Waals surface area contributed by atoms with E-state index in [-0.39, 0.29) is 5.41 Å². The molecule has 0 heterocycles. The largest absolute Gasteiger partial charge is 0.456 e. The van der Waals surface area contributed by atoms with Crippen molar-refractivity contribution < 1.29 is 9.53 Å². The molecule has 0 unspecified atom stereocenters. The first-order valence-corrected chi connectivity index (χ1v) is 3.09. The molecule has 0 saturated heterocycles.